The Morgan fingerprint density at radius 3 is 2.25 bits per heavy atom. The molecule has 196 valence electrons. The maximum absolute atomic E-state index is 13.5. The number of esters is 1. The van der Waals surface area contributed by atoms with Gasteiger partial charge in [-0.15, -0.1) is 0 Å². The third-order valence-corrected chi connectivity index (χ3v) is 5.97. The first-order chi connectivity index (χ1) is 16.9. The first-order valence-electron chi connectivity index (χ1n) is 11.4. The molecule has 0 aliphatic carbocycles. The first kappa shape index (κ1) is 29.4. The highest BCUT2D eigenvalue weighted by molar-refractivity contribution is 14.1. The Bertz CT molecular complexity index is 1040. The highest BCUT2D eigenvalue weighted by Crippen LogP contribution is 2.22. The minimum Gasteiger partial charge on any atom is -0.496 e. The molecule has 0 fully saturated rings. The number of halogens is 1. The van der Waals surface area contributed by atoms with Gasteiger partial charge in [0.1, 0.15) is 23.4 Å². The number of carbonyl (C=O) groups is 3. The van der Waals surface area contributed by atoms with Gasteiger partial charge >= 0.3 is 12.1 Å². The van der Waals surface area contributed by atoms with Crippen molar-refractivity contribution in [3.63, 3.8) is 0 Å². The minimum absolute atomic E-state index is 0.191. The Hall–Kier alpha value is -2.86. The molecule has 36 heavy (non-hydrogen) atoms. The van der Waals surface area contributed by atoms with Crippen molar-refractivity contribution in [2.45, 2.75) is 58.3 Å². The molecule has 9 nitrogen and oxygen atoms in total. The smallest absolute Gasteiger partial charge is 0.408 e. The third kappa shape index (κ3) is 9.30. The molecular weight excluding hydrogens is 577 g/mol. The number of nitrogens with zero attached hydrogens (tertiary/aromatic N) is 1. The monoisotopic (exact) mass is 611 g/mol. The molecule has 0 aromatic heterocycles. The lowest BCUT2D eigenvalue weighted by molar-refractivity contribution is -0.149. The van der Waals surface area contributed by atoms with Crippen molar-refractivity contribution in [1.82, 2.24) is 15.8 Å². The second-order valence-electron chi connectivity index (χ2n) is 9.16. The van der Waals surface area contributed by atoms with E-state index in [1.807, 2.05) is 42.5 Å². The molecule has 10 heteroatoms. The zero-order valence-corrected chi connectivity index (χ0v) is 23.6. The molecule has 0 unspecified atom stereocenters. The standard InChI is InChI=1S/C26H34IN3O6/c1-17(24(32)35-6)30(16-18-10-8-7-9-11-18)29-23(31)21(28-25(33)36-26(2,3)4)15-19-12-13-22(34-5)20(27)14-19/h7-14,17,21H,15-16H2,1-6H3,(H,28,33)(H,29,31)/t17-,21-/m0/s1. The number of ether oxygens (including phenoxy) is 3. The Labute approximate surface area is 226 Å². The van der Waals surface area contributed by atoms with Gasteiger partial charge in [-0.25, -0.2) is 9.80 Å². The van der Waals surface area contributed by atoms with Crippen LogP contribution in [-0.2, 0) is 32.0 Å². The zero-order valence-electron chi connectivity index (χ0n) is 21.5. The van der Waals surface area contributed by atoms with Crippen LogP contribution in [0.2, 0.25) is 0 Å². The fourth-order valence-electron chi connectivity index (χ4n) is 3.30. The number of benzene rings is 2. The van der Waals surface area contributed by atoms with E-state index in [0.29, 0.717) is 5.75 Å². The fourth-order valence-corrected chi connectivity index (χ4v) is 4.10. The summed E-state index contributed by atoms with van der Waals surface area (Å²) in [6, 6.07) is 13.2. The molecule has 0 radical (unpaired) electrons. The van der Waals surface area contributed by atoms with E-state index in [-0.39, 0.29) is 13.0 Å². The number of hydrazine groups is 1. The summed E-state index contributed by atoms with van der Waals surface area (Å²) in [5.41, 5.74) is 3.76. The van der Waals surface area contributed by atoms with Gasteiger partial charge < -0.3 is 19.5 Å². The predicted molar refractivity (Wildman–Crippen MR) is 144 cm³/mol. The molecule has 0 aliphatic rings. The zero-order chi connectivity index (χ0) is 26.9. The first-order valence-corrected chi connectivity index (χ1v) is 12.5. The Kier molecular flexibility index (Phi) is 11.0. The van der Waals surface area contributed by atoms with E-state index in [1.165, 1.54) is 12.1 Å². The lowest BCUT2D eigenvalue weighted by Gasteiger charge is -2.30. The second kappa shape index (κ2) is 13.4. The van der Waals surface area contributed by atoms with E-state index >= 15 is 0 Å². The normalized spacial score (nSPS) is 12.9. The van der Waals surface area contributed by atoms with Gasteiger partial charge in [0.15, 0.2) is 0 Å². The topological polar surface area (TPSA) is 106 Å². The summed E-state index contributed by atoms with van der Waals surface area (Å²) in [5, 5.41) is 4.16. The van der Waals surface area contributed by atoms with Crippen LogP contribution < -0.4 is 15.5 Å². The van der Waals surface area contributed by atoms with E-state index in [4.69, 9.17) is 14.2 Å². The minimum atomic E-state index is -0.979. The highest BCUT2D eigenvalue weighted by atomic mass is 127. The number of nitrogens with one attached hydrogen (secondary N) is 2. The second-order valence-corrected chi connectivity index (χ2v) is 10.3. The van der Waals surface area contributed by atoms with Crippen molar-refractivity contribution in [3.05, 3.63) is 63.2 Å². The Balaban J connectivity index is 2.30. The molecule has 0 bridgehead atoms. The third-order valence-electron chi connectivity index (χ3n) is 5.12. The van der Waals surface area contributed by atoms with Crippen LogP contribution in [0.4, 0.5) is 4.79 Å². The predicted octanol–water partition coefficient (Wildman–Crippen LogP) is 3.83. The van der Waals surface area contributed by atoms with Gasteiger partial charge in [0.2, 0.25) is 0 Å². The molecule has 0 saturated carbocycles. The SMILES string of the molecule is COC(=O)[C@H](C)N(Cc1ccccc1)NC(=O)[C@H](Cc1ccc(OC)c(I)c1)NC(=O)OC(C)(C)C. The van der Waals surface area contributed by atoms with Gasteiger partial charge in [0.05, 0.1) is 17.8 Å². The van der Waals surface area contributed by atoms with E-state index in [1.54, 1.807) is 40.9 Å². The van der Waals surface area contributed by atoms with E-state index in [2.05, 4.69) is 33.3 Å². The molecule has 0 heterocycles. The molecule has 2 atom stereocenters. The lowest BCUT2D eigenvalue weighted by Crippen LogP contribution is -2.57. The summed E-state index contributed by atoms with van der Waals surface area (Å²) in [7, 11) is 2.88. The molecule has 0 saturated heterocycles. The van der Waals surface area contributed by atoms with Crippen LogP contribution in [0.3, 0.4) is 0 Å². The number of carbonyl (C=O) groups excluding carboxylic acids is 3. The summed E-state index contributed by atoms with van der Waals surface area (Å²) < 4.78 is 16.5. The summed E-state index contributed by atoms with van der Waals surface area (Å²) in [4.78, 5) is 38.3. The average molecular weight is 611 g/mol. The van der Waals surface area contributed by atoms with Crippen LogP contribution in [0.5, 0.6) is 5.75 Å². The van der Waals surface area contributed by atoms with Crippen LogP contribution in [0.1, 0.15) is 38.8 Å². The molecule has 0 spiro atoms. The van der Waals surface area contributed by atoms with E-state index in [0.717, 1.165) is 14.7 Å². The van der Waals surface area contributed by atoms with Gasteiger partial charge in [-0.3, -0.25) is 15.0 Å². The van der Waals surface area contributed by atoms with Gasteiger partial charge in [-0.2, -0.15) is 0 Å². The van der Waals surface area contributed by atoms with Gasteiger partial charge in [0, 0.05) is 13.0 Å². The van der Waals surface area contributed by atoms with Gasteiger partial charge in [0.25, 0.3) is 5.91 Å². The highest BCUT2D eigenvalue weighted by Gasteiger charge is 2.29. The fraction of sp³-hybridized carbons (Fsp3) is 0.423. The number of hydrogen-bond donors (Lipinski definition) is 2. The van der Waals surface area contributed by atoms with Crippen LogP contribution >= 0.6 is 22.6 Å². The Morgan fingerprint density at radius 2 is 1.69 bits per heavy atom. The molecule has 2 N–H and O–H groups in total. The van der Waals surface area contributed by atoms with Crippen LogP contribution in [0, 0.1) is 3.57 Å². The number of methoxy groups -OCH3 is 2. The number of alkyl carbamates (subject to hydrolysis) is 1. The van der Waals surface area contributed by atoms with E-state index < -0.39 is 35.7 Å². The number of rotatable bonds is 10. The summed E-state index contributed by atoms with van der Waals surface area (Å²) >= 11 is 2.15. The maximum atomic E-state index is 13.5. The molecule has 2 rings (SSSR count). The molecule has 2 aromatic rings. The van der Waals surface area contributed by atoms with Crippen molar-refractivity contribution in [2.75, 3.05) is 14.2 Å². The largest absolute Gasteiger partial charge is 0.496 e. The molecular formula is C26H34IN3O6. The lowest BCUT2D eigenvalue weighted by atomic mass is 10.1. The molecule has 2 amide bonds. The van der Waals surface area contributed by atoms with Crippen LogP contribution in [0.25, 0.3) is 0 Å². The Morgan fingerprint density at radius 1 is 1.03 bits per heavy atom. The van der Waals surface area contributed by atoms with Crippen molar-refractivity contribution in [2.24, 2.45) is 0 Å². The molecule has 2 aromatic carbocycles. The van der Waals surface area contributed by atoms with E-state index in [9.17, 15) is 14.4 Å². The number of hydrogen-bond acceptors (Lipinski definition) is 7. The van der Waals surface area contributed by atoms with Crippen molar-refractivity contribution in [1.29, 1.82) is 0 Å². The van der Waals surface area contributed by atoms with Gasteiger partial charge in [-0.05, 0) is 73.5 Å². The molecule has 0 aliphatic heterocycles. The van der Waals surface area contributed by atoms with Crippen LogP contribution in [0.15, 0.2) is 48.5 Å². The van der Waals surface area contributed by atoms with Crippen molar-refractivity contribution >= 4 is 40.6 Å². The average Bonchev–Trinajstić information content (AvgIpc) is 2.81. The van der Waals surface area contributed by atoms with Crippen LogP contribution in [-0.4, -0.2) is 54.9 Å². The quantitative estimate of drug-likeness (QED) is 0.239. The summed E-state index contributed by atoms with van der Waals surface area (Å²) in [6.45, 7) is 7.12. The van der Waals surface area contributed by atoms with Crippen molar-refractivity contribution < 1.29 is 28.6 Å². The number of amides is 2. The summed E-state index contributed by atoms with van der Waals surface area (Å²) in [6.07, 6.45) is -0.530. The van der Waals surface area contributed by atoms with Crippen molar-refractivity contribution in [3.8, 4) is 5.75 Å². The summed E-state index contributed by atoms with van der Waals surface area (Å²) in [5.74, 6) is -0.299. The van der Waals surface area contributed by atoms with Gasteiger partial charge in [-0.1, -0.05) is 36.4 Å². The maximum Gasteiger partial charge on any atom is 0.408 e.